The van der Waals surface area contributed by atoms with Crippen LogP contribution in [0.2, 0.25) is 0 Å². The highest BCUT2D eigenvalue weighted by molar-refractivity contribution is 7.10. The van der Waals surface area contributed by atoms with Crippen molar-refractivity contribution in [3.8, 4) is 0 Å². The van der Waals surface area contributed by atoms with E-state index in [2.05, 4.69) is 11.9 Å². The maximum Gasteiger partial charge on any atom is 0.246 e. The molecular weight excluding hydrogens is 312 g/mol. The van der Waals surface area contributed by atoms with E-state index in [4.69, 9.17) is 0 Å². The predicted octanol–water partition coefficient (Wildman–Crippen LogP) is 2.10. The first-order valence-corrected chi connectivity index (χ1v) is 8.79. The molecule has 1 heterocycles. The van der Waals surface area contributed by atoms with Gasteiger partial charge in [0.05, 0.1) is 19.2 Å². The van der Waals surface area contributed by atoms with Crippen molar-refractivity contribution in [3.05, 3.63) is 35.0 Å². The van der Waals surface area contributed by atoms with Crippen molar-refractivity contribution in [3.63, 3.8) is 0 Å². The van der Waals surface area contributed by atoms with E-state index in [1.54, 1.807) is 11.3 Å². The van der Waals surface area contributed by atoms with Gasteiger partial charge in [0.15, 0.2) is 0 Å². The van der Waals surface area contributed by atoms with E-state index in [0.29, 0.717) is 6.54 Å². The van der Waals surface area contributed by atoms with Crippen molar-refractivity contribution in [1.29, 1.82) is 0 Å². The number of nitrogens with one attached hydrogen (secondary N) is 1. The zero-order valence-electron chi connectivity index (χ0n) is 13.5. The maximum absolute atomic E-state index is 12.4. The number of aliphatic hydroxyl groups is 1. The summed E-state index contributed by atoms with van der Waals surface area (Å²) in [6, 6.07) is 3.73. The lowest BCUT2D eigenvalue weighted by atomic mass is 9.64. The van der Waals surface area contributed by atoms with E-state index in [9.17, 15) is 14.7 Å². The average molecular weight is 336 g/mol. The van der Waals surface area contributed by atoms with Gasteiger partial charge < -0.3 is 15.3 Å². The molecule has 1 aliphatic carbocycles. The minimum atomic E-state index is -0.278. The second-order valence-corrected chi connectivity index (χ2v) is 6.93. The van der Waals surface area contributed by atoms with Gasteiger partial charge in [-0.2, -0.15) is 0 Å². The molecule has 5 nitrogen and oxygen atoms in total. The Hall–Kier alpha value is -1.66. The molecule has 23 heavy (non-hydrogen) atoms. The molecule has 0 spiro atoms. The Morgan fingerprint density at radius 2 is 2.30 bits per heavy atom. The standard InChI is InChI=1S/C17H24N2O3S/c1-3-15(22)19(4-2)11-14(21)18-16(13-7-5-10-23-13)17(12-20)8-6-9-17/h3,5,7,10,16,20H,1,4,6,8-9,11-12H2,2H3,(H,18,21). The van der Waals surface area contributed by atoms with Gasteiger partial charge in [0.25, 0.3) is 0 Å². The smallest absolute Gasteiger partial charge is 0.246 e. The molecule has 0 saturated heterocycles. The van der Waals surface area contributed by atoms with Crippen LogP contribution in [0.25, 0.3) is 0 Å². The van der Waals surface area contributed by atoms with Crippen LogP contribution in [0, 0.1) is 5.41 Å². The molecule has 2 N–H and O–H groups in total. The average Bonchev–Trinajstić information content (AvgIpc) is 3.04. The van der Waals surface area contributed by atoms with E-state index in [0.717, 1.165) is 24.1 Å². The second kappa shape index (κ2) is 7.75. The van der Waals surface area contributed by atoms with E-state index in [1.165, 1.54) is 11.0 Å². The summed E-state index contributed by atoms with van der Waals surface area (Å²) < 4.78 is 0. The van der Waals surface area contributed by atoms with Crippen LogP contribution in [0.1, 0.15) is 37.1 Å². The van der Waals surface area contributed by atoms with Crippen LogP contribution < -0.4 is 5.32 Å². The topological polar surface area (TPSA) is 69.6 Å². The molecule has 2 rings (SSSR count). The summed E-state index contributed by atoms with van der Waals surface area (Å²) in [4.78, 5) is 26.6. The van der Waals surface area contributed by atoms with Crippen LogP contribution in [-0.2, 0) is 9.59 Å². The van der Waals surface area contributed by atoms with Crippen LogP contribution in [0.3, 0.4) is 0 Å². The van der Waals surface area contributed by atoms with Crippen molar-refractivity contribution in [2.45, 2.75) is 32.2 Å². The highest BCUT2D eigenvalue weighted by Crippen LogP contribution is 2.50. The first-order valence-electron chi connectivity index (χ1n) is 7.91. The highest BCUT2D eigenvalue weighted by atomic mass is 32.1. The van der Waals surface area contributed by atoms with Crippen molar-refractivity contribution >= 4 is 23.2 Å². The lowest BCUT2D eigenvalue weighted by Crippen LogP contribution is -2.49. The number of rotatable bonds is 8. The number of likely N-dealkylation sites (N-methyl/N-ethyl adjacent to an activating group) is 1. The molecule has 1 unspecified atom stereocenters. The van der Waals surface area contributed by atoms with Gasteiger partial charge in [-0.15, -0.1) is 11.3 Å². The molecular formula is C17H24N2O3S. The van der Waals surface area contributed by atoms with Gasteiger partial charge in [0.1, 0.15) is 0 Å². The summed E-state index contributed by atoms with van der Waals surface area (Å²) in [5, 5.41) is 14.9. The fourth-order valence-electron chi connectivity index (χ4n) is 3.01. The number of nitrogens with zero attached hydrogens (tertiary/aromatic N) is 1. The zero-order chi connectivity index (χ0) is 16.9. The minimum absolute atomic E-state index is 0.00470. The van der Waals surface area contributed by atoms with E-state index >= 15 is 0 Å². The Labute approximate surface area is 141 Å². The van der Waals surface area contributed by atoms with Crippen LogP contribution in [-0.4, -0.2) is 41.5 Å². The molecule has 1 atom stereocenters. The quantitative estimate of drug-likeness (QED) is 0.714. The Bertz CT molecular complexity index is 547. The number of hydrogen-bond donors (Lipinski definition) is 2. The Morgan fingerprint density at radius 1 is 1.57 bits per heavy atom. The van der Waals surface area contributed by atoms with Gasteiger partial charge in [-0.25, -0.2) is 0 Å². The zero-order valence-corrected chi connectivity index (χ0v) is 14.3. The molecule has 2 amide bonds. The molecule has 1 aliphatic rings. The molecule has 1 saturated carbocycles. The van der Waals surface area contributed by atoms with E-state index < -0.39 is 0 Å². The molecule has 6 heteroatoms. The number of hydrogen-bond acceptors (Lipinski definition) is 4. The Kier molecular flexibility index (Phi) is 5.96. The summed E-state index contributed by atoms with van der Waals surface area (Å²) >= 11 is 1.58. The SMILES string of the molecule is C=CC(=O)N(CC)CC(=O)NC(c1cccs1)C1(CO)CCC1. The largest absolute Gasteiger partial charge is 0.396 e. The van der Waals surface area contributed by atoms with Gasteiger partial charge in [-0.05, 0) is 37.3 Å². The third-order valence-corrected chi connectivity index (χ3v) is 5.55. The van der Waals surface area contributed by atoms with Gasteiger partial charge in [0.2, 0.25) is 11.8 Å². The molecule has 1 fully saturated rings. The Morgan fingerprint density at radius 3 is 2.74 bits per heavy atom. The lowest BCUT2D eigenvalue weighted by Gasteiger charge is -2.46. The van der Waals surface area contributed by atoms with Crippen molar-refractivity contribution in [2.24, 2.45) is 5.41 Å². The molecule has 1 aromatic heterocycles. The number of aliphatic hydroxyl groups excluding tert-OH is 1. The summed E-state index contributed by atoms with van der Waals surface area (Å²) in [6.45, 7) is 5.80. The van der Waals surface area contributed by atoms with E-state index in [-0.39, 0.29) is 36.4 Å². The first-order chi connectivity index (χ1) is 11.1. The van der Waals surface area contributed by atoms with Crippen molar-refractivity contribution < 1.29 is 14.7 Å². The number of amides is 2. The van der Waals surface area contributed by atoms with Crippen molar-refractivity contribution in [1.82, 2.24) is 10.2 Å². The van der Waals surface area contributed by atoms with Crippen LogP contribution >= 0.6 is 11.3 Å². The second-order valence-electron chi connectivity index (χ2n) is 5.95. The highest BCUT2D eigenvalue weighted by Gasteiger charge is 2.45. The fourth-order valence-corrected chi connectivity index (χ4v) is 3.92. The molecule has 126 valence electrons. The molecule has 0 radical (unpaired) electrons. The summed E-state index contributed by atoms with van der Waals surface area (Å²) in [5.74, 6) is -0.462. The Balaban J connectivity index is 2.10. The third-order valence-electron chi connectivity index (χ3n) is 4.61. The molecule has 0 aliphatic heterocycles. The molecule has 1 aromatic rings. The fraction of sp³-hybridized carbons (Fsp3) is 0.529. The molecule has 0 bridgehead atoms. The monoisotopic (exact) mass is 336 g/mol. The van der Waals surface area contributed by atoms with Gasteiger partial charge in [-0.3, -0.25) is 9.59 Å². The summed E-state index contributed by atoms with van der Waals surface area (Å²) in [7, 11) is 0. The summed E-state index contributed by atoms with van der Waals surface area (Å²) in [6.07, 6.45) is 4.08. The lowest BCUT2D eigenvalue weighted by molar-refractivity contribution is -0.133. The minimum Gasteiger partial charge on any atom is -0.396 e. The molecule has 0 aromatic carbocycles. The van der Waals surface area contributed by atoms with Gasteiger partial charge >= 0.3 is 0 Å². The number of carbonyl (C=O) groups is 2. The van der Waals surface area contributed by atoms with Crippen LogP contribution in [0.15, 0.2) is 30.2 Å². The van der Waals surface area contributed by atoms with Crippen LogP contribution in [0.5, 0.6) is 0 Å². The van der Waals surface area contributed by atoms with Crippen molar-refractivity contribution in [2.75, 3.05) is 19.7 Å². The maximum atomic E-state index is 12.4. The van der Waals surface area contributed by atoms with Gasteiger partial charge in [0, 0.05) is 16.8 Å². The van der Waals surface area contributed by atoms with Gasteiger partial charge in [-0.1, -0.05) is 19.1 Å². The normalized spacial score (nSPS) is 17.0. The predicted molar refractivity (Wildman–Crippen MR) is 91.0 cm³/mol. The third kappa shape index (κ3) is 3.82. The van der Waals surface area contributed by atoms with Crippen LogP contribution in [0.4, 0.5) is 0 Å². The first kappa shape index (κ1) is 17.7. The number of carbonyl (C=O) groups excluding carboxylic acids is 2. The summed E-state index contributed by atoms with van der Waals surface area (Å²) in [5.41, 5.74) is -0.278. The number of thiophene rings is 1. The van der Waals surface area contributed by atoms with E-state index in [1.807, 2.05) is 24.4 Å².